The summed E-state index contributed by atoms with van der Waals surface area (Å²) < 4.78 is 4.23. The van der Waals surface area contributed by atoms with Gasteiger partial charge in [-0.3, -0.25) is 24.3 Å². The number of hydrogen-bond acceptors (Lipinski definition) is 6. The molecule has 4 aromatic rings. The number of hydrogen-bond donors (Lipinski definition) is 1. The van der Waals surface area contributed by atoms with Crippen LogP contribution >= 0.6 is 27.3 Å². The fraction of sp³-hybridized carbons (Fsp3) is 0.105. The fourth-order valence-corrected chi connectivity index (χ4v) is 3.84. The maximum Gasteiger partial charge on any atom is 0.307 e. The SMILES string of the molecule is O=C(Nc1cnn(Cc2ccc(Br)cc2)c1)c1cc(Cn2cc([N+](=O)[O-])cn2)cs1. The van der Waals surface area contributed by atoms with Gasteiger partial charge in [0.05, 0.1) is 34.8 Å². The highest BCUT2D eigenvalue weighted by Gasteiger charge is 2.13. The molecule has 0 spiro atoms. The number of nitro groups is 1. The molecule has 1 aromatic carbocycles. The van der Waals surface area contributed by atoms with Crippen LogP contribution in [0.1, 0.15) is 20.8 Å². The van der Waals surface area contributed by atoms with E-state index in [2.05, 4.69) is 31.4 Å². The van der Waals surface area contributed by atoms with Crippen molar-refractivity contribution in [3.8, 4) is 0 Å². The number of amides is 1. The van der Waals surface area contributed by atoms with Crippen LogP contribution in [-0.4, -0.2) is 30.4 Å². The van der Waals surface area contributed by atoms with E-state index < -0.39 is 4.92 Å². The Bertz CT molecular complexity index is 1200. The zero-order valence-corrected chi connectivity index (χ0v) is 17.8. The van der Waals surface area contributed by atoms with Crippen LogP contribution in [0.15, 0.2) is 65.0 Å². The topological polar surface area (TPSA) is 108 Å². The van der Waals surface area contributed by atoms with Gasteiger partial charge in [0.25, 0.3) is 5.91 Å². The Balaban J connectivity index is 1.36. The summed E-state index contributed by atoms with van der Waals surface area (Å²) >= 11 is 4.71. The van der Waals surface area contributed by atoms with Crippen molar-refractivity contribution in [3.05, 3.63) is 91.1 Å². The second-order valence-electron chi connectivity index (χ2n) is 6.48. The minimum absolute atomic E-state index is 0.0663. The van der Waals surface area contributed by atoms with Crippen molar-refractivity contribution in [1.29, 1.82) is 0 Å². The Hall–Kier alpha value is -3.31. The van der Waals surface area contributed by atoms with Crippen molar-refractivity contribution < 1.29 is 9.72 Å². The van der Waals surface area contributed by atoms with Crippen molar-refractivity contribution in [2.45, 2.75) is 13.1 Å². The van der Waals surface area contributed by atoms with Gasteiger partial charge in [-0.15, -0.1) is 11.3 Å². The first-order valence-corrected chi connectivity index (χ1v) is 10.5. The van der Waals surface area contributed by atoms with Crippen LogP contribution in [0.25, 0.3) is 0 Å². The number of anilines is 1. The lowest BCUT2D eigenvalue weighted by Gasteiger charge is -2.02. The number of benzene rings is 1. The number of aromatic nitrogens is 4. The van der Waals surface area contributed by atoms with Crippen LogP contribution in [0.5, 0.6) is 0 Å². The first-order chi connectivity index (χ1) is 14.5. The zero-order valence-electron chi connectivity index (χ0n) is 15.4. The van der Waals surface area contributed by atoms with Gasteiger partial charge in [-0.1, -0.05) is 28.1 Å². The summed E-state index contributed by atoms with van der Waals surface area (Å²) in [5.41, 5.74) is 2.48. The normalized spacial score (nSPS) is 10.8. The lowest BCUT2D eigenvalue weighted by Crippen LogP contribution is -2.09. The molecule has 0 unspecified atom stereocenters. The van der Waals surface area contributed by atoms with E-state index in [1.165, 1.54) is 28.4 Å². The smallest absolute Gasteiger partial charge is 0.307 e. The first-order valence-electron chi connectivity index (χ1n) is 8.79. The molecule has 0 saturated carbocycles. The monoisotopic (exact) mass is 486 g/mol. The average molecular weight is 487 g/mol. The molecular weight excluding hydrogens is 472 g/mol. The molecule has 11 heteroatoms. The fourth-order valence-electron chi connectivity index (χ4n) is 2.78. The Morgan fingerprint density at radius 3 is 2.53 bits per heavy atom. The number of carbonyl (C=O) groups is 1. The van der Waals surface area contributed by atoms with E-state index in [0.717, 1.165) is 15.6 Å². The highest BCUT2D eigenvalue weighted by atomic mass is 79.9. The molecule has 152 valence electrons. The van der Waals surface area contributed by atoms with E-state index in [9.17, 15) is 14.9 Å². The third kappa shape index (κ3) is 4.81. The van der Waals surface area contributed by atoms with Crippen LogP contribution in [0.2, 0.25) is 0 Å². The number of thiophene rings is 1. The van der Waals surface area contributed by atoms with Gasteiger partial charge >= 0.3 is 5.69 Å². The maximum absolute atomic E-state index is 12.5. The van der Waals surface area contributed by atoms with Crippen LogP contribution < -0.4 is 5.32 Å². The average Bonchev–Trinajstić information content (AvgIpc) is 3.46. The summed E-state index contributed by atoms with van der Waals surface area (Å²) in [6, 6.07) is 9.70. The zero-order chi connectivity index (χ0) is 21.1. The van der Waals surface area contributed by atoms with Crippen LogP contribution in [0, 0.1) is 10.1 Å². The van der Waals surface area contributed by atoms with Gasteiger partial charge in [0, 0.05) is 10.7 Å². The third-order valence-corrected chi connectivity index (χ3v) is 5.71. The molecule has 1 amide bonds. The maximum atomic E-state index is 12.5. The summed E-state index contributed by atoms with van der Waals surface area (Å²) in [5, 5.41) is 23.7. The van der Waals surface area contributed by atoms with Crippen LogP contribution in [-0.2, 0) is 13.1 Å². The molecular formula is C19H15BrN6O3S. The molecule has 0 aliphatic carbocycles. The highest BCUT2D eigenvalue weighted by molar-refractivity contribution is 9.10. The summed E-state index contributed by atoms with van der Waals surface area (Å²) in [6.07, 6.45) is 5.94. The second-order valence-corrected chi connectivity index (χ2v) is 8.31. The second kappa shape index (κ2) is 8.59. The number of rotatable bonds is 7. The Morgan fingerprint density at radius 2 is 1.80 bits per heavy atom. The van der Waals surface area contributed by atoms with Gasteiger partial charge in [0.2, 0.25) is 0 Å². The van der Waals surface area contributed by atoms with E-state index in [0.29, 0.717) is 23.7 Å². The van der Waals surface area contributed by atoms with E-state index in [1.54, 1.807) is 23.1 Å². The molecule has 4 rings (SSSR count). The number of carbonyl (C=O) groups excluding carboxylic acids is 1. The van der Waals surface area contributed by atoms with E-state index in [-0.39, 0.29) is 11.6 Å². The summed E-state index contributed by atoms with van der Waals surface area (Å²) in [6.45, 7) is 0.949. The van der Waals surface area contributed by atoms with Gasteiger partial charge in [0.15, 0.2) is 0 Å². The Labute approximate surface area is 183 Å². The van der Waals surface area contributed by atoms with Crippen molar-refractivity contribution in [1.82, 2.24) is 19.6 Å². The first kappa shape index (κ1) is 20.0. The molecule has 1 N–H and O–H groups in total. The molecule has 0 saturated heterocycles. The van der Waals surface area contributed by atoms with E-state index in [1.807, 2.05) is 29.6 Å². The van der Waals surface area contributed by atoms with Gasteiger partial charge in [-0.05, 0) is 34.7 Å². The lowest BCUT2D eigenvalue weighted by atomic mass is 10.2. The minimum atomic E-state index is -0.493. The number of halogens is 1. The molecule has 3 heterocycles. The molecule has 0 fully saturated rings. The molecule has 0 bridgehead atoms. The summed E-state index contributed by atoms with van der Waals surface area (Å²) in [4.78, 5) is 23.3. The Kier molecular flexibility index (Phi) is 5.72. The standard InChI is InChI=1S/C19H15BrN6O3S/c20-15-3-1-13(2-4-15)8-24-10-16(6-21-24)23-19(27)18-5-14(12-30-18)9-25-11-17(7-22-25)26(28)29/h1-7,10-12H,8-9H2,(H,23,27). The molecule has 0 atom stereocenters. The number of nitrogens with one attached hydrogen (secondary N) is 1. The van der Waals surface area contributed by atoms with Crippen molar-refractivity contribution >= 4 is 44.5 Å². The molecule has 30 heavy (non-hydrogen) atoms. The summed E-state index contributed by atoms with van der Waals surface area (Å²) in [5.74, 6) is -0.235. The quantitative estimate of drug-likeness (QED) is 0.311. The largest absolute Gasteiger partial charge is 0.319 e. The van der Waals surface area contributed by atoms with Gasteiger partial charge in [-0.25, -0.2) is 0 Å². The highest BCUT2D eigenvalue weighted by Crippen LogP contribution is 2.19. The van der Waals surface area contributed by atoms with E-state index >= 15 is 0 Å². The van der Waals surface area contributed by atoms with Gasteiger partial charge in [0.1, 0.15) is 12.4 Å². The van der Waals surface area contributed by atoms with Gasteiger partial charge < -0.3 is 5.32 Å². The van der Waals surface area contributed by atoms with Crippen molar-refractivity contribution in [3.63, 3.8) is 0 Å². The predicted molar refractivity (Wildman–Crippen MR) is 116 cm³/mol. The minimum Gasteiger partial charge on any atom is -0.319 e. The third-order valence-electron chi connectivity index (χ3n) is 4.20. The molecule has 0 radical (unpaired) electrons. The predicted octanol–water partition coefficient (Wildman–Crippen LogP) is 4.16. The van der Waals surface area contributed by atoms with Crippen molar-refractivity contribution in [2.75, 3.05) is 5.32 Å². The molecule has 9 nitrogen and oxygen atoms in total. The Morgan fingerprint density at radius 1 is 1.10 bits per heavy atom. The number of nitrogens with zero attached hydrogens (tertiary/aromatic N) is 5. The molecule has 0 aliphatic heterocycles. The van der Waals surface area contributed by atoms with Crippen LogP contribution in [0.3, 0.4) is 0 Å². The molecule has 0 aliphatic rings. The van der Waals surface area contributed by atoms with E-state index in [4.69, 9.17) is 0 Å². The van der Waals surface area contributed by atoms with Crippen molar-refractivity contribution in [2.24, 2.45) is 0 Å². The van der Waals surface area contributed by atoms with Crippen LogP contribution in [0.4, 0.5) is 11.4 Å². The lowest BCUT2D eigenvalue weighted by molar-refractivity contribution is -0.385. The van der Waals surface area contributed by atoms with Gasteiger partial charge in [-0.2, -0.15) is 10.2 Å². The summed E-state index contributed by atoms with van der Waals surface area (Å²) in [7, 11) is 0. The molecule has 3 aromatic heterocycles.